The highest BCUT2D eigenvalue weighted by Gasteiger charge is 2.56. The summed E-state index contributed by atoms with van der Waals surface area (Å²) in [6.45, 7) is 7.47. The molecule has 0 bridgehead atoms. The monoisotopic (exact) mass is 990 g/mol. The van der Waals surface area contributed by atoms with Gasteiger partial charge in [-0.25, -0.2) is 0 Å². The third-order valence-corrected chi connectivity index (χ3v) is 13.9. The molecule has 16 nitrogen and oxygen atoms in total. The average molecular weight is 991 g/mol. The molecule has 0 spiro atoms. The summed E-state index contributed by atoms with van der Waals surface area (Å²) >= 11 is 1.65. The molecule has 1 aromatic heterocycles. The van der Waals surface area contributed by atoms with Crippen molar-refractivity contribution in [2.45, 2.75) is 140 Å². The first-order valence-electron chi connectivity index (χ1n) is 24.4. The molecule has 71 heavy (non-hydrogen) atoms. The van der Waals surface area contributed by atoms with Crippen molar-refractivity contribution in [3.63, 3.8) is 0 Å². The number of hydrogen-bond acceptors (Lipinski definition) is 13. The van der Waals surface area contributed by atoms with Gasteiger partial charge in [0.2, 0.25) is 23.6 Å². The number of ether oxygens (including phenoxy) is 4. The molecule has 3 aromatic carbocycles. The molecule has 2 saturated heterocycles. The van der Waals surface area contributed by atoms with Gasteiger partial charge in [-0.3, -0.25) is 19.2 Å². The van der Waals surface area contributed by atoms with Crippen molar-refractivity contribution in [3.8, 4) is 11.5 Å². The van der Waals surface area contributed by atoms with Crippen LogP contribution in [0, 0.1) is 10.8 Å². The van der Waals surface area contributed by atoms with E-state index in [-0.39, 0.29) is 37.0 Å². The maximum Gasteiger partial charge on any atom is 0.243 e. The Morgan fingerprint density at radius 3 is 2.32 bits per heavy atom. The molecule has 3 heterocycles. The number of carbonyl (C=O) groups excluding carboxylic acids is 4. The van der Waals surface area contributed by atoms with Crippen LogP contribution >= 0.6 is 11.3 Å². The molecule has 2 fully saturated rings. The lowest BCUT2D eigenvalue weighted by Crippen LogP contribution is -2.58. The predicted octanol–water partition coefficient (Wildman–Crippen LogP) is 4.71. The van der Waals surface area contributed by atoms with Crippen molar-refractivity contribution >= 4 is 47.1 Å². The fourth-order valence-corrected chi connectivity index (χ4v) is 10.3. The Kier molecular flexibility index (Phi) is 18.3. The van der Waals surface area contributed by atoms with Crippen LogP contribution in [-0.2, 0) is 59.3 Å². The minimum absolute atomic E-state index is 0.0499. The lowest BCUT2D eigenvalue weighted by molar-refractivity contribution is -0.208. The molecule has 7 N–H and O–H groups in total. The molecule has 0 radical (unpaired) electrons. The number of thiophene rings is 1. The number of carbonyl (C=O) groups is 4. The van der Waals surface area contributed by atoms with Crippen LogP contribution in [-0.4, -0.2) is 89.8 Å². The minimum Gasteiger partial charge on any atom is -0.508 e. The van der Waals surface area contributed by atoms with Crippen molar-refractivity contribution in [2.24, 2.45) is 16.8 Å². The number of phenolic OH excluding ortho intramolecular Hbond substituents is 1. The summed E-state index contributed by atoms with van der Waals surface area (Å²) in [6, 6.07) is 18.9. The lowest BCUT2D eigenvalue weighted by atomic mass is 9.86. The average Bonchev–Trinajstić information content (AvgIpc) is 3.89. The molecular weight excluding hydrogens is 925 g/mol. The standard InChI is InChI=1S/C54H66N6O10S/c1-33(27-38-32-71-47-17-10-6-9-15-41(38)47)56-50(63)42(28-35-18-22-39(62)23-19-35)44(60-66)30-46-48(49-53(68-46)70-54(3,4)69-49)59-52(65)45(58-51(64)43(57-34(2)61)16-11-12-26-55)29-36-20-24-40(25-21-36)67-31-37-13-7-5-8-14-37/h5-8,10,13-15,17-25,32-33,42-46,48-49,53,62H,9,11-12,16,26-31,55H2,1-4H3,(H,56,63)(H,57,61)(H,58,64)(H,59,65)/t33?,42?,43?,44?,45?,46-,48?,49?,53?/m1/s1. The molecule has 9 atom stereocenters. The van der Waals surface area contributed by atoms with Crippen LogP contribution in [0.4, 0.5) is 0 Å². The molecule has 3 aliphatic rings. The zero-order valence-electron chi connectivity index (χ0n) is 40.7. The summed E-state index contributed by atoms with van der Waals surface area (Å²) in [6.07, 6.45) is 8.58. The molecule has 378 valence electrons. The molecule has 1 aliphatic carbocycles. The van der Waals surface area contributed by atoms with Gasteiger partial charge >= 0.3 is 0 Å². The van der Waals surface area contributed by atoms with Crippen molar-refractivity contribution in [1.29, 1.82) is 0 Å². The van der Waals surface area contributed by atoms with E-state index < -0.39 is 72.1 Å². The summed E-state index contributed by atoms with van der Waals surface area (Å²) in [5.41, 5.74) is 9.26. The molecule has 4 aromatic rings. The van der Waals surface area contributed by atoms with E-state index in [1.54, 1.807) is 49.4 Å². The van der Waals surface area contributed by atoms with Crippen LogP contribution in [0.1, 0.15) is 82.1 Å². The first-order valence-corrected chi connectivity index (χ1v) is 25.3. The number of amides is 4. The quantitative estimate of drug-likeness (QED) is 0.0416. The van der Waals surface area contributed by atoms with Gasteiger partial charge in [0.05, 0.1) is 18.1 Å². The minimum atomic E-state index is -1.17. The fourth-order valence-electron chi connectivity index (χ4n) is 9.30. The summed E-state index contributed by atoms with van der Waals surface area (Å²) in [5.74, 6) is -3.34. The topological polar surface area (TPSA) is 229 Å². The number of aromatic hydroxyl groups is 1. The van der Waals surface area contributed by atoms with E-state index in [1.807, 2.05) is 55.5 Å². The lowest BCUT2D eigenvalue weighted by Gasteiger charge is -2.31. The molecule has 7 rings (SSSR count). The van der Waals surface area contributed by atoms with Gasteiger partial charge in [-0.1, -0.05) is 78.0 Å². The highest BCUT2D eigenvalue weighted by atomic mass is 32.1. The smallest absolute Gasteiger partial charge is 0.243 e. The highest BCUT2D eigenvalue weighted by Crippen LogP contribution is 2.40. The Labute approximate surface area is 418 Å². The molecular formula is C54H66N6O10S. The number of nitroso groups, excluding NO2 is 1. The van der Waals surface area contributed by atoms with Crippen molar-refractivity contribution < 1.29 is 43.2 Å². The van der Waals surface area contributed by atoms with Gasteiger partial charge in [-0.2, -0.15) is 4.91 Å². The van der Waals surface area contributed by atoms with Gasteiger partial charge in [-0.15, -0.1) is 11.3 Å². The first-order chi connectivity index (χ1) is 34.2. The second-order valence-electron chi connectivity index (χ2n) is 19.0. The third-order valence-electron chi connectivity index (χ3n) is 12.8. The van der Waals surface area contributed by atoms with Crippen LogP contribution in [0.2, 0.25) is 0 Å². The molecule has 8 unspecified atom stereocenters. The summed E-state index contributed by atoms with van der Waals surface area (Å²) < 4.78 is 26.1. The zero-order valence-corrected chi connectivity index (χ0v) is 41.5. The van der Waals surface area contributed by atoms with Gasteiger partial charge in [0.25, 0.3) is 0 Å². The molecule has 4 amide bonds. The third kappa shape index (κ3) is 14.7. The van der Waals surface area contributed by atoms with Crippen LogP contribution in [0.3, 0.4) is 0 Å². The first kappa shape index (κ1) is 52.6. The van der Waals surface area contributed by atoms with E-state index in [0.29, 0.717) is 55.7 Å². The largest absolute Gasteiger partial charge is 0.508 e. The van der Waals surface area contributed by atoms with E-state index in [4.69, 9.17) is 24.7 Å². The number of unbranched alkanes of at least 4 members (excludes halogenated alkanes) is 1. The maximum atomic E-state index is 14.8. The van der Waals surface area contributed by atoms with Gasteiger partial charge in [0.1, 0.15) is 42.3 Å². The van der Waals surface area contributed by atoms with Gasteiger partial charge < -0.3 is 51.1 Å². The second kappa shape index (κ2) is 24.7. The Balaban J connectivity index is 1.13. The number of nitrogens with zero attached hydrogens (tertiary/aromatic N) is 1. The van der Waals surface area contributed by atoms with Crippen LogP contribution in [0.5, 0.6) is 11.5 Å². The number of hydrogen-bond donors (Lipinski definition) is 6. The summed E-state index contributed by atoms with van der Waals surface area (Å²) in [4.78, 5) is 68.7. The van der Waals surface area contributed by atoms with Gasteiger partial charge in [0, 0.05) is 30.3 Å². The SMILES string of the molecule is CC(=O)NC(CCCCN)C(=O)NC(Cc1ccc(OCc2ccccc2)cc1)C(=O)NC1C2OC(C)(C)OC2O[C@@H]1CC(N=O)C(Cc1ccc(O)cc1)C(=O)NC(C)Cc1csc2c1=CCC=CC=2. The Morgan fingerprint density at radius 2 is 1.61 bits per heavy atom. The van der Waals surface area contributed by atoms with E-state index >= 15 is 0 Å². The second-order valence-corrected chi connectivity index (χ2v) is 19.9. The van der Waals surface area contributed by atoms with Crippen LogP contribution < -0.4 is 41.5 Å². The Hall–Kier alpha value is -6.24. The summed E-state index contributed by atoms with van der Waals surface area (Å²) in [7, 11) is 0. The van der Waals surface area contributed by atoms with E-state index in [9.17, 15) is 29.2 Å². The zero-order chi connectivity index (χ0) is 50.5. The number of rotatable bonds is 24. The molecule has 2 aliphatic heterocycles. The van der Waals surface area contributed by atoms with Gasteiger partial charge in [0.15, 0.2) is 12.1 Å². The predicted molar refractivity (Wildman–Crippen MR) is 271 cm³/mol. The van der Waals surface area contributed by atoms with Crippen LogP contribution in [0.25, 0.3) is 12.2 Å². The fraction of sp³-hybridized carbons (Fsp3) is 0.444. The number of benzene rings is 3. The van der Waals surface area contributed by atoms with Crippen molar-refractivity contribution in [2.75, 3.05) is 6.54 Å². The summed E-state index contributed by atoms with van der Waals surface area (Å²) in [5, 5.41) is 28.8. The molecule has 17 heteroatoms. The number of allylic oxidation sites excluding steroid dienone is 2. The number of nitrogens with one attached hydrogen (secondary N) is 4. The van der Waals surface area contributed by atoms with Crippen molar-refractivity contribution in [1.82, 2.24) is 21.3 Å². The van der Waals surface area contributed by atoms with E-state index in [1.165, 1.54) is 19.1 Å². The maximum absolute atomic E-state index is 14.8. The van der Waals surface area contributed by atoms with Crippen molar-refractivity contribution in [3.05, 3.63) is 133 Å². The Bertz CT molecular complexity index is 2610. The number of nitrogens with two attached hydrogens (primary N) is 1. The number of phenols is 1. The number of fused-ring (bicyclic) bond motifs is 2. The van der Waals surface area contributed by atoms with E-state index in [0.717, 1.165) is 27.3 Å². The van der Waals surface area contributed by atoms with E-state index in [2.05, 4.69) is 50.1 Å². The molecule has 0 saturated carbocycles. The Morgan fingerprint density at radius 1 is 0.873 bits per heavy atom. The van der Waals surface area contributed by atoms with Gasteiger partial charge in [-0.05, 0) is 129 Å². The van der Waals surface area contributed by atoms with Crippen LogP contribution in [0.15, 0.2) is 102 Å². The normalized spacial score (nSPS) is 20.8. The highest BCUT2D eigenvalue weighted by molar-refractivity contribution is 7.07.